The first-order valence-electron chi connectivity index (χ1n) is 8.50. The van der Waals surface area contributed by atoms with E-state index in [-0.39, 0.29) is 23.8 Å². The number of para-hydroxylation sites is 1. The summed E-state index contributed by atoms with van der Waals surface area (Å²) in [5.41, 5.74) is 0.769. The predicted molar refractivity (Wildman–Crippen MR) is 100 cm³/mol. The number of fused-ring (bicyclic) bond motifs is 1. The summed E-state index contributed by atoms with van der Waals surface area (Å²) in [4.78, 5) is 29.5. The van der Waals surface area contributed by atoms with E-state index in [2.05, 4.69) is 10.3 Å². The van der Waals surface area contributed by atoms with E-state index < -0.39 is 11.5 Å². The molecule has 2 aromatic heterocycles. The van der Waals surface area contributed by atoms with Crippen LogP contribution in [0.1, 0.15) is 29.8 Å². The van der Waals surface area contributed by atoms with Crippen LogP contribution in [0.4, 0.5) is 0 Å². The van der Waals surface area contributed by atoms with E-state index in [4.69, 9.17) is 0 Å². The average Bonchev–Trinajstić information content (AvgIpc) is 2.64. The number of carbonyl (C=O) groups is 1. The van der Waals surface area contributed by atoms with Gasteiger partial charge in [-0.1, -0.05) is 26.0 Å². The Bertz CT molecular complexity index is 994. The summed E-state index contributed by atoms with van der Waals surface area (Å²) in [5, 5.41) is 13.8. The quantitative estimate of drug-likeness (QED) is 0.740. The molecule has 26 heavy (non-hydrogen) atoms. The van der Waals surface area contributed by atoms with Crippen molar-refractivity contribution in [1.82, 2.24) is 14.9 Å². The maximum absolute atomic E-state index is 12.9. The maximum Gasteiger partial charge on any atom is 0.267 e. The molecule has 3 aromatic rings. The smallest absolute Gasteiger partial charge is 0.267 e. The molecule has 134 valence electrons. The Balaban J connectivity index is 2.04. The van der Waals surface area contributed by atoms with Gasteiger partial charge in [-0.25, -0.2) is 0 Å². The van der Waals surface area contributed by atoms with Crippen molar-refractivity contribution in [3.05, 3.63) is 70.3 Å². The highest BCUT2D eigenvalue weighted by Gasteiger charge is 2.22. The molecule has 0 bridgehead atoms. The Labute approximate surface area is 151 Å². The second-order valence-corrected chi connectivity index (χ2v) is 6.59. The van der Waals surface area contributed by atoms with Crippen LogP contribution in [0.15, 0.2) is 53.6 Å². The number of rotatable bonds is 5. The first kappa shape index (κ1) is 17.7. The molecule has 0 saturated carbocycles. The normalized spacial score (nSPS) is 11.0. The van der Waals surface area contributed by atoms with Crippen LogP contribution in [-0.2, 0) is 13.1 Å². The van der Waals surface area contributed by atoms with Crippen LogP contribution in [0.25, 0.3) is 10.9 Å². The summed E-state index contributed by atoms with van der Waals surface area (Å²) >= 11 is 0. The van der Waals surface area contributed by atoms with Gasteiger partial charge in [0.05, 0.1) is 5.52 Å². The topological polar surface area (TPSA) is 84.2 Å². The second kappa shape index (κ2) is 7.39. The van der Waals surface area contributed by atoms with Crippen molar-refractivity contribution < 1.29 is 9.90 Å². The number of benzene rings is 1. The van der Waals surface area contributed by atoms with Crippen molar-refractivity contribution in [2.75, 3.05) is 0 Å². The van der Waals surface area contributed by atoms with Gasteiger partial charge in [-0.2, -0.15) is 0 Å². The lowest BCUT2D eigenvalue weighted by molar-refractivity contribution is 0.0946. The summed E-state index contributed by atoms with van der Waals surface area (Å²) in [5.74, 6) is -0.654. The zero-order valence-electron chi connectivity index (χ0n) is 14.8. The van der Waals surface area contributed by atoms with E-state index in [1.165, 1.54) is 0 Å². The van der Waals surface area contributed by atoms with Crippen LogP contribution in [0, 0.1) is 5.92 Å². The number of pyridine rings is 2. The van der Waals surface area contributed by atoms with Gasteiger partial charge in [0.15, 0.2) is 0 Å². The largest absolute Gasteiger partial charge is 0.506 e. The SMILES string of the molecule is CC(C)Cn1c(=O)c(C(=O)NCc2ccncc2)c(O)c2ccccc21. The maximum atomic E-state index is 12.9. The fourth-order valence-corrected chi connectivity index (χ4v) is 2.91. The molecule has 0 unspecified atom stereocenters. The minimum Gasteiger partial charge on any atom is -0.506 e. The molecular weight excluding hydrogens is 330 g/mol. The molecule has 0 fully saturated rings. The Morgan fingerprint density at radius 2 is 1.88 bits per heavy atom. The van der Waals surface area contributed by atoms with Gasteiger partial charge in [-0.05, 0) is 35.7 Å². The summed E-state index contributed by atoms with van der Waals surface area (Å²) in [6.45, 7) is 4.70. The van der Waals surface area contributed by atoms with E-state index in [1.54, 1.807) is 53.4 Å². The zero-order chi connectivity index (χ0) is 18.7. The molecule has 1 aromatic carbocycles. The number of nitrogens with one attached hydrogen (secondary N) is 1. The van der Waals surface area contributed by atoms with E-state index in [9.17, 15) is 14.7 Å². The van der Waals surface area contributed by atoms with E-state index in [1.807, 2.05) is 13.8 Å². The molecule has 2 heterocycles. The first-order chi connectivity index (χ1) is 12.5. The van der Waals surface area contributed by atoms with Crippen molar-refractivity contribution in [2.45, 2.75) is 26.9 Å². The van der Waals surface area contributed by atoms with Gasteiger partial charge in [0.25, 0.3) is 11.5 Å². The number of hydrogen-bond donors (Lipinski definition) is 2. The van der Waals surface area contributed by atoms with Crippen molar-refractivity contribution >= 4 is 16.8 Å². The second-order valence-electron chi connectivity index (χ2n) is 6.59. The minimum absolute atomic E-state index is 0.216. The molecule has 2 N–H and O–H groups in total. The van der Waals surface area contributed by atoms with Crippen LogP contribution in [0.3, 0.4) is 0 Å². The number of aromatic nitrogens is 2. The van der Waals surface area contributed by atoms with Crippen molar-refractivity contribution in [2.24, 2.45) is 5.92 Å². The van der Waals surface area contributed by atoms with Gasteiger partial charge in [0.2, 0.25) is 0 Å². The monoisotopic (exact) mass is 351 g/mol. The summed E-state index contributed by atoms with van der Waals surface area (Å²) in [6.07, 6.45) is 3.26. The fourth-order valence-electron chi connectivity index (χ4n) is 2.91. The van der Waals surface area contributed by atoms with Crippen molar-refractivity contribution in [1.29, 1.82) is 0 Å². The molecule has 3 rings (SSSR count). The third kappa shape index (κ3) is 3.44. The molecule has 0 aliphatic heterocycles. The van der Waals surface area contributed by atoms with Crippen molar-refractivity contribution in [3.8, 4) is 5.75 Å². The minimum atomic E-state index is -0.590. The molecule has 1 amide bonds. The lowest BCUT2D eigenvalue weighted by atomic mass is 10.1. The Morgan fingerprint density at radius 1 is 1.19 bits per heavy atom. The lowest BCUT2D eigenvalue weighted by Gasteiger charge is -2.16. The van der Waals surface area contributed by atoms with Gasteiger partial charge in [-0.15, -0.1) is 0 Å². The molecule has 0 aliphatic rings. The van der Waals surface area contributed by atoms with Crippen molar-refractivity contribution in [3.63, 3.8) is 0 Å². The van der Waals surface area contributed by atoms with Gasteiger partial charge >= 0.3 is 0 Å². The average molecular weight is 351 g/mol. The third-order valence-electron chi connectivity index (χ3n) is 4.12. The fraction of sp³-hybridized carbons (Fsp3) is 0.250. The highest BCUT2D eigenvalue weighted by atomic mass is 16.3. The molecular formula is C20H21N3O3. The van der Waals surface area contributed by atoms with E-state index in [0.717, 1.165) is 5.56 Å². The van der Waals surface area contributed by atoms with Gasteiger partial charge in [0.1, 0.15) is 11.3 Å². The molecule has 0 radical (unpaired) electrons. The Kier molecular flexibility index (Phi) is 5.02. The highest BCUT2D eigenvalue weighted by molar-refractivity contribution is 6.02. The van der Waals surface area contributed by atoms with Crippen LogP contribution in [0.5, 0.6) is 5.75 Å². The molecule has 0 saturated heterocycles. The molecule has 0 atom stereocenters. The third-order valence-corrected chi connectivity index (χ3v) is 4.12. The first-order valence-corrected chi connectivity index (χ1v) is 8.50. The Hall–Kier alpha value is -3.15. The predicted octanol–water partition coefficient (Wildman–Crippen LogP) is 2.69. The molecule has 6 nitrogen and oxygen atoms in total. The van der Waals surface area contributed by atoms with E-state index >= 15 is 0 Å². The molecule has 0 spiro atoms. The van der Waals surface area contributed by atoms with Crippen LogP contribution in [0.2, 0.25) is 0 Å². The van der Waals surface area contributed by atoms with Crippen LogP contribution >= 0.6 is 0 Å². The van der Waals surface area contributed by atoms with Gasteiger partial charge in [-0.3, -0.25) is 14.6 Å². The number of amides is 1. The lowest BCUT2D eigenvalue weighted by Crippen LogP contribution is -2.34. The molecule has 6 heteroatoms. The number of aromatic hydroxyl groups is 1. The summed E-state index contributed by atoms with van der Waals surface area (Å²) < 4.78 is 1.56. The molecule has 0 aliphatic carbocycles. The highest BCUT2D eigenvalue weighted by Crippen LogP contribution is 2.26. The summed E-state index contributed by atoms with van der Waals surface area (Å²) in [7, 11) is 0. The Morgan fingerprint density at radius 3 is 2.58 bits per heavy atom. The standard InChI is InChI=1S/C20H21N3O3/c1-13(2)12-23-16-6-4-3-5-15(16)18(24)17(20(23)26)19(25)22-11-14-7-9-21-10-8-14/h3-10,13,24H,11-12H2,1-2H3,(H,22,25). The zero-order valence-corrected chi connectivity index (χ0v) is 14.8. The number of carbonyl (C=O) groups excluding carboxylic acids is 1. The van der Waals surface area contributed by atoms with Gasteiger partial charge < -0.3 is 15.0 Å². The van der Waals surface area contributed by atoms with E-state index in [0.29, 0.717) is 17.4 Å². The van der Waals surface area contributed by atoms with Crippen LogP contribution < -0.4 is 10.9 Å². The van der Waals surface area contributed by atoms with Crippen LogP contribution in [-0.4, -0.2) is 20.6 Å². The van der Waals surface area contributed by atoms with Gasteiger partial charge in [0, 0.05) is 30.9 Å². The summed E-state index contributed by atoms with van der Waals surface area (Å²) in [6, 6.07) is 10.6. The number of hydrogen-bond acceptors (Lipinski definition) is 4. The number of nitrogens with zero attached hydrogens (tertiary/aromatic N) is 2.